The molecule has 0 radical (unpaired) electrons. The Balaban J connectivity index is 2.09. The summed E-state index contributed by atoms with van der Waals surface area (Å²) in [6, 6.07) is 0.691. The van der Waals surface area contributed by atoms with Crippen molar-refractivity contribution in [3.05, 3.63) is 0 Å². The summed E-state index contributed by atoms with van der Waals surface area (Å²) in [5.41, 5.74) is 0.664. The van der Waals surface area contributed by atoms with Gasteiger partial charge in [0.2, 0.25) is 0 Å². The molecule has 0 saturated carbocycles. The van der Waals surface area contributed by atoms with Gasteiger partial charge in [0.25, 0.3) is 0 Å². The fourth-order valence-electron chi connectivity index (χ4n) is 3.48. The zero-order valence-corrected chi connectivity index (χ0v) is 14.5. The summed E-state index contributed by atoms with van der Waals surface area (Å²) >= 11 is 0. The number of nitrogens with zero attached hydrogens (tertiary/aromatic N) is 1. The number of hydrogen-bond acceptors (Lipinski definition) is 2. The zero-order chi connectivity index (χ0) is 14.8. The second-order valence-corrected chi connectivity index (χ2v) is 6.90. The second kappa shape index (κ2) is 9.78. The van der Waals surface area contributed by atoms with Gasteiger partial charge >= 0.3 is 0 Å². The minimum absolute atomic E-state index is 0.664. The molecule has 1 rings (SSSR count). The largest absolute Gasteiger partial charge is 0.313 e. The van der Waals surface area contributed by atoms with Crippen LogP contribution in [0.25, 0.3) is 0 Å². The van der Waals surface area contributed by atoms with E-state index in [1.54, 1.807) is 0 Å². The summed E-state index contributed by atoms with van der Waals surface area (Å²) in [6.45, 7) is 14.4. The van der Waals surface area contributed by atoms with Crippen LogP contribution in [0, 0.1) is 5.41 Å². The van der Waals surface area contributed by atoms with Crippen LogP contribution in [0.3, 0.4) is 0 Å². The van der Waals surface area contributed by atoms with Crippen LogP contribution < -0.4 is 5.32 Å². The van der Waals surface area contributed by atoms with Crippen LogP contribution in [-0.2, 0) is 0 Å². The molecule has 0 bridgehead atoms. The van der Waals surface area contributed by atoms with E-state index in [-0.39, 0.29) is 0 Å². The van der Waals surface area contributed by atoms with Crippen molar-refractivity contribution in [2.45, 2.75) is 85.1 Å². The van der Waals surface area contributed by atoms with Gasteiger partial charge in [0, 0.05) is 19.1 Å². The van der Waals surface area contributed by atoms with E-state index < -0.39 is 0 Å². The lowest BCUT2D eigenvalue weighted by Gasteiger charge is -2.41. The molecule has 1 fully saturated rings. The molecule has 0 amide bonds. The average molecular weight is 283 g/mol. The third kappa shape index (κ3) is 6.13. The Morgan fingerprint density at radius 1 is 1.05 bits per heavy atom. The van der Waals surface area contributed by atoms with Crippen molar-refractivity contribution in [2.24, 2.45) is 5.41 Å². The van der Waals surface area contributed by atoms with Gasteiger partial charge in [-0.05, 0) is 44.7 Å². The lowest BCUT2D eigenvalue weighted by molar-refractivity contribution is 0.0955. The molecule has 0 spiro atoms. The molecule has 1 aliphatic heterocycles. The van der Waals surface area contributed by atoms with E-state index in [0.29, 0.717) is 11.5 Å². The first-order valence-electron chi connectivity index (χ1n) is 9.11. The molecule has 2 nitrogen and oxygen atoms in total. The van der Waals surface area contributed by atoms with E-state index >= 15 is 0 Å². The zero-order valence-electron chi connectivity index (χ0n) is 14.5. The van der Waals surface area contributed by atoms with Gasteiger partial charge in [0.1, 0.15) is 0 Å². The molecule has 1 heterocycles. The molecule has 120 valence electrons. The van der Waals surface area contributed by atoms with E-state index in [9.17, 15) is 0 Å². The number of piperidine rings is 1. The lowest BCUT2D eigenvalue weighted by Crippen LogP contribution is -2.43. The van der Waals surface area contributed by atoms with Crippen LogP contribution in [0.4, 0.5) is 0 Å². The molecule has 2 heteroatoms. The molecule has 0 aromatic rings. The molecule has 0 aliphatic carbocycles. The Hall–Kier alpha value is -0.0800. The van der Waals surface area contributed by atoms with Gasteiger partial charge in [-0.15, -0.1) is 0 Å². The van der Waals surface area contributed by atoms with E-state index in [4.69, 9.17) is 0 Å². The topological polar surface area (TPSA) is 15.3 Å². The Morgan fingerprint density at radius 2 is 1.70 bits per heavy atom. The van der Waals surface area contributed by atoms with Crippen molar-refractivity contribution in [2.75, 3.05) is 26.2 Å². The fourth-order valence-corrected chi connectivity index (χ4v) is 3.48. The van der Waals surface area contributed by atoms with Crippen LogP contribution in [0.5, 0.6) is 0 Å². The van der Waals surface area contributed by atoms with Gasteiger partial charge in [0.15, 0.2) is 0 Å². The predicted octanol–water partition coefficient (Wildman–Crippen LogP) is 4.45. The highest BCUT2D eigenvalue weighted by molar-refractivity contribution is 4.84. The summed E-state index contributed by atoms with van der Waals surface area (Å²) in [7, 11) is 0. The summed E-state index contributed by atoms with van der Waals surface area (Å²) in [5, 5.41) is 3.70. The standard InChI is InChI=1S/C18H38N2/c1-5-8-9-10-17(4)19-13-16-20-14-11-18(6-2,7-3)12-15-20/h17,19H,5-16H2,1-4H3. The molecule has 1 atom stereocenters. The molecule has 1 aliphatic rings. The Labute approximate surface area is 127 Å². The summed E-state index contributed by atoms with van der Waals surface area (Å²) in [4.78, 5) is 2.66. The Morgan fingerprint density at radius 3 is 2.25 bits per heavy atom. The van der Waals surface area contributed by atoms with Crippen molar-refractivity contribution >= 4 is 0 Å². The first-order valence-corrected chi connectivity index (χ1v) is 9.11. The minimum Gasteiger partial charge on any atom is -0.313 e. The van der Waals surface area contributed by atoms with Crippen molar-refractivity contribution < 1.29 is 0 Å². The fraction of sp³-hybridized carbons (Fsp3) is 1.00. The molecule has 20 heavy (non-hydrogen) atoms. The quantitative estimate of drug-likeness (QED) is 0.596. The molecule has 0 aromatic carbocycles. The first-order chi connectivity index (χ1) is 9.65. The van der Waals surface area contributed by atoms with Gasteiger partial charge in [-0.2, -0.15) is 0 Å². The Bertz CT molecular complexity index is 226. The van der Waals surface area contributed by atoms with Crippen LogP contribution in [-0.4, -0.2) is 37.1 Å². The molecule has 1 unspecified atom stereocenters. The minimum atomic E-state index is 0.664. The van der Waals surface area contributed by atoms with Crippen LogP contribution in [0.1, 0.15) is 79.1 Å². The van der Waals surface area contributed by atoms with Crippen LogP contribution in [0.15, 0.2) is 0 Å². The van der Waals surface area contributed by atoms with Gasteiger partial charge in [-0.3, -0.25) is 0 Å². The monoisotopic (exact) mass is 282 g/mol. The molecule has 0 aromatic heterocycles. The maximum absolute atomic E-state index is 3.70. The second-order valence-electron chi connectivity index (χ2n) is 6.90. The van der Waals surface area contributed by atoms with Gasteiger partial charge in [-0.1, -0.05) is 52.9 Å². The third-order valence-electron chi connectivity index (χ3n) is 5.58. The SMILES string of the molecule is CCCCCC(C)NCCN1CCC(CC)(CC)CC1. The highest BCUT2D eigenvalue weighted by Gasteiger charge is 2.30. The maximum Gasteiger partial charge on any atom is 0.0107 e. The highest BCUT2D eigenvalue weighted by Crippen LogP contribution is 2.37. The predicted molar refractivity (Wildman–Crippen MR) is 90.3 cm³/mol. The van der Waals surface area contributed by atoms with Crippen molar-refractivity contribution in [1.82, 2.24) is 10.2 Å². The van der Waals surface area contributed by atoms with Crippen molar-refractivity contribution in [3.8, 4) is 0 Å². The summed E-state index contributed by atoms with van der Waals surface area (Å²) < 4.78 is 0. The van der Waals surface area contributed by atoms with Crippen molar-refractivity contribution in [3.63, 3.8) is 0 Å². The number of unbranched alkanes of at least 4 members (excludes halogenated alkanes) is 2. The molecule has 1 saturated heterocycles. The lowest BCUT2D eigenvalue weighted by atomic mass is 9.74. The molecular weight excluding hydrogens is 244 g/mol. The van der Waals surface area contributed by atoms with Crippen LogP contribution in [0.2, 0.25) is 0 Å². The third-order valence-corrected chi connectivity index (χ3v) is 5.58. The molecule has 1 N–H and O–H groups in total. The van der Waals surface area contributed by atoms with E-state index in [0.717, 1.165) is 0 Å². The van der Waals surface area contributed by atoms with Crippen LogP contribution >= 0.6 is 0 Å². The first kappa shape index (κ1) is 18.0. The Kier molecular flexibility index (Phi) is 8.79. The van der Waals surface area contributed by atoms with Crippen molar-refractivity contribution in [1.29, 1.82) is 0 Å². The van der Waals surface area contributed by atoms with Gasteiger partial charge < -0.3 is 10.2 Å². The average Bonchev–Trinajstić information content (AvgIpc) is 2.48. The number of likely N-dealkylation sites (tertiary alicyclic amines) is 1. The summed E-state index contributed by atoms with van der Waals surface area (Å²) in [5.74, 6) is 0. The van der Waals surface area contributed by atoms with E-state index in [1.165, 1.54) is 77.5 Å². The molecular formula is C18H38N2. The highest BCUT2D eigenvalue weighted by atomic mass is 15.1. The number of rotatable bonds is 10. The van der Waals surface area contributed by atoms with E-state index in [2.05, 4.69) is 37.9 Å². The van der Waals surface area contributed by atoms with Gasteiger partial charge in [-0.25, -0.2) is 0 Å². The van der Waals surface area contributed by atoms with E-state index in [1.807, 2.05) is 0 Å². The normalized spacial score (nSPS) is 21.0. The number of nitrogens with one attached hydrogen (secondary N) is 1. The number of hydrogen-bond donors (Lipinski definition) is 1. The maximum atomic E-state index is 3.70. The summed E-state index contributed by atoms with van der Waals surface area (Å²) in [6.07, 6.45) is 11.0. The smallest absolute Gasteiger partial charge is 0.0107 e. The van der Waals surface area contributed by atoms with Gasteiger partial charge in [0.05, 0.1) is 0 Å².